The lowest BCUT2D eigenvalue weighted by Gasteiger charge is -2.33. The molecule has 2 aromatic heterocycles. The Morgan fingerprint density at radius 2 is 2.04 bits per heavy atom. The normalized spacial score (nSPS) is 19.7. The summed E-state index contributed by atoms with van der Waals surface area (Å²) in [6.45, 7) is 6.72. The number of benzene rings is 1. The summed E-state index contributed by atoms with van der Waals surface area (Å²) in [6.07, 6.45) is 2.00. The van der Waals surface area contributed by atoms with Crippen LogP contribution in [-0.2, 0) is 4.74 Å². The maximum absolute atomic E-state index is 10.0. The molecule has 0 amide bonds. The largest absolute Gasteiger partial charge is 0.373 e. The highest BCUT2D eigenvalue weighted by Crippen LogP contribution is 2.40. The van der Waals surface area contributed by atoms with E-state index >= 15 is 0 Å². The third kappa shape index (κ3) is 2.74. The number of fused-ring (bicyclic) bond motifs is 3. The molecule has 1 atom stereocenters. The lowest BCUT2D eigenvalue weighted by Crippen LogP contribution is -2.44. The van der Waals surface area contributed by atoms with E-state index in [0.717, 1.165) is 79.3 Å². The summed E-state index contributed by atoms with van der Waals surface area (Å²) in [6, 6.07) is 10.6. The number of hydrogen-bond acceptors (Lipinski definition) is 5. The van der Waals surface area contributed by atoms with Gasteiger partial charge in [-0.15, -0.1) is 0 Å². The van der Waals surface area contributed by atoms with Gasteiger partial charge in [0.2, 0.25) is 0 Å². The van der Waals surface area contributed by atoms with Crippen LogP contribution in [0.1, 0.15) is 43.1 Å². The second-order valence-corrected chi connectivity index (χ2v) is 7.35. The highest BCUT2D eigenvalue weighted by atomic mass is 16.5. The Labute approximate surface area is 165 Å². The van der Waals surface area contributed by atoms with Crippen LogP contribution in [0, 0.1) is 18.3 Å². The molecule has 2 saturated heterocycles. The highest BCUT2D eigenvalue weighted by Gasteiger charge is 2.30. The van der Waals surface area contributed by atoms with Crippen LogP contribution in [-0.4, -0.2) is 42.2 Å². The monoisotopic (exact) mass is 377 g/mol. The Morgan fingerprint density at radius 3 is 2.75 bits per heavy atom. The first-order chi connectivity index (χ1) is 13.3. The van der Waals surface area contributed by atoms with E-state index in [0.29, 0.717) is 5.56 Å². The minimum Gasteiger partial charge on any atom is -0.373 e. The number of rotatable bonds is 2. The lowest BCUT2D eigenvalue weighted by atomic mass is 9.96. The Balaban J connectivity index is 0.00000192. The predicted octanol–water partition coefficient (Wildman–Crippen LogP) is 3.56. The number of nitrogens with one attached hydrogen (secondary N) is 1. The van der Waals surface area contributed by atoms with Crippen LogP contribution >= 0.6 is 0 Å². The summed E-state index contributed by atoms with van der Waals surface area (Å²) in [5.41, 5.74) is 5.58. The van der Waals surface area contributed by atoms with Gasteiger partial charge in [0, 0.05) is 38.3 Å². The molecule has 2 aliphatic rings. The molecule has 1 unspecified atom stereocenters. The number of nitrogens with zero attached hydrogens (tertiary/aromatic N) is 4. The summed E-state index contributed by atoms with van der Waals surface area (Å²) in [7, 11) is 0. The molecule has 1 N–H and O–H groups in total. The molecular formula is C22H27N5O. The molecule has 0 bridgehead atoms. The van der Waals surface area contributed by atoms with Gasteiger partial charge in [0.15, 0.2) is 5.65 Å². The quantitative estimate of drug-likeness (QED) is 0.740. The van der Waals surface area contributed by atoms with Crippen molar-refractivity contribution in [1.29, 1.82) is 5.26 Å². The van der Waals surface area contributed by atoms with Crippen LogP contribution in [0.3, 0.4) is 0 Å². The van der Waals surface area contributed by atoms with Crippen molar-refractivity contribution >= 4 is 22.5 Å². The van der Waals surface area contributed by atoms with E-state index in [1.54, 1.807) is 0 Å². The molecule has 0 radical (unpaired) electrons. The number of hydrogen-bond donors (Lipinski definition) is 1. The van der Waals surface area contributed by atoms with Crippen molar-refractivity contribution in [3.63, 3.8) is 0 Å². The third-order valence-corrected chi connectivity index (χ3v) is 5.78. The van der Waals surface area contributed by atoms with Crippen molar-refractivity contribution < 1.29 is 4.74 Å². The number of ether oxygens (including phenoxy) is 1. The smallest absolute Gasteiger partial charge is 0.157 e. The SMILES string of the molecule is C.Cc1c(C2CCCO2)c(C#N)c2nc3ccccc3n2c1N1CCNCC1. The molecule has 2 aliphatic heterocycles. The van der Waals surface area contributed by atoms with Gasteiger partial charge in [-0.2, -0.15) is 5.26 Å². The number of pyridine rings is 1. The van der Waals surface area contributed by atoms with Gasteiger partial charge in [-0.1, -0.05) is 19.6 Å². The van der Waals surface area contributed by atoms with Gasteiger partial charge in [0.25, 0.3) is 0 Å². The maximum Gasteiger partial charge on any atom is 0.157 e. The van der Waals surface area contributed by atoms with Crippen molar-refractivity contribution in [3.8, 4) is 6.07 Å². The van der Waals surface area contributed by atoms with Crippen LogP contribution in [0.25, 0.3) is 16.7 Å². The summed E-state index contributed by atoms with van der Waals surface area (Å²) in [5, 5.41) is 13.5. The first-order valence-electron chi connectivity index (χ1n) is 9.70. The number of imidazole rings is 1. The summed E-state index contributed by atoms with van der Waals surface area (Å²) < 4.78 is 8.20. The Hall–Kier alpha value is -2.62. The average Bonchev–Trinajstić information content (AvgIpc) is 3.36. The number of para-hydroxylation sites is 2. The second-order valence-electron chi connectivity index (χ2n) is 7.35. The zero-order chi connectivity index (χ0) is 18.4. The molecule has 1 aromatic carbocycles. The van der Waals surface area contributed by atoms with Gasteiger partial charge >= 0.3 is 0 Å². The van der Waals surface area contributed by atoms with Gasteiger partial charge in [-0.05, 0) is 37.5 Å². The van der Waals surface area contributed by atoms with E-state index in [1.165, 1.54) is 0 Å². The van der Waals surface area contributed by atoms with Crippen LogP contribution in [0.5, 0.6) is 0 Å². The van der Waals surface area contributed by atoms with E-state index < -0.39 is 0 Å². The molecule has 0 saturated carbocycles. The molecule has 4 heterocycles. The molecule has 0 spiro atoms. The Bertz CT molecular complexity index is 1050. The highest BCUT2D eigenvalue weighted by molar-refractivity contribution is 5.86. The van der Waals surface area contributed by atoms with Gasteiger partial charge in [0.1, 0.15) is 17.5 Å². The first kappa shape index (κ1) is 18.7. The summed E-state index contributed by atoms with van der Waals surface area (Å²) in [4.78, 5) is 7.28. The lowest BCUT2D eigenvalue weighted by molar-refractivity contribution is 0.111. The molecule has 6 heteroatoms. The predicted molar refractivity (Wildman–Crippen MR) is 112 cm³/mol. The molecule has 5 rings (SSSR count). The number of anilines is 1. The van der Waals surface area contributed by atoms with E-state index in [2.05, 4.69) is 33.7 Å². The van der Waals surface area contributed by atoms with E-state index in [4.69, 9.17) is 9.72 Å². The maximum atomic E-state index is 10.0. The fourth-order valence-electron chi connectivity index (χ4n) is 4.58. The van der Waals surface area contributed by atoms with Gasteiger partial charge < -0.3 is 15.0 Å². The van der Waals surface area contributed by atoms with E-state index in [-0.39, 0.29) is 13.5 Å². The Kier molecular flexibility index (Phi) is 4.96. The van der Waals surface area contributed by atoms with Crippen LogP contribution in [0.15, 0.2) is 24.3 Å². The molecule has 6 nitrogen and oxygen atoms in total. The minimum absolute atomic E-state index is 0. The van der Waals surface area contributed by atoms with Gasteiger partial charge in [-0.25, -0.2) is 4.98 Å². The van der Waals surface area contributed by atoms with Crippen molar-refractivity contribution in [2.24, 2.45) is 0 Å². The van der Waals surface area contributed by atoms with E-state index in [1.807, 2.05) is 18.2 Å². The fourth-order valence-corrected chi connectivity index (χ4v) is 4.58. The zero-order valence-electron chi connectivity index (χ0n) is 15.5. The summed E-state index contributed by atoms with van der Waals surface area (Å²) >= 11 is 0. The van der Waals surface area contributed by atoms with Crippen molar-refractivity contribution in [2.45, 2.75) is 33.3 Å². The zero-order valence-corrected chi connectivity index (χ0v) is 15.5. The molecular weight excluding hydrogens is 350 g/mol. The minimum atomic E-state index is -0.00821. The first-order valence-corrected chi connectivity index (χ1v) is 9.70. The molecule has 146 valence electrons. The standard InChI is InChI=1S/C21H23N5O.CH4/c1-14-19(18-7-4-12-27-18)15(13-22)20-24-16-5-2-3-6-17(16)26(20)21(14)25-10-8-23-9-11-25;/h2-3,5-6,18,23H,4,7-12H2,1H3;1H4. The number of nitriles is 1. The number of piperazine rings is 1. The van der Waals surface area contributed by atoms with Crippen LogP contribution in [0.4, 0.5) is 5.82 Å². The van der Waals surface area contributed by atoms with Crippen molar-refractivity contribution in [2.75, 3.05) is 37.7 Å². The fraction of sp³-hybridized carbons (Fsp3) is 0.455. The van der Waals surface area contributed by atoms with Crippen LogP contribution < -0.4 is 10.2 Å². The summed E-state index contributed by atoms with van der Waals surface area (Å²) in [5.74, 6) is 1.16. The second kappa shape index (κ2) is 7.42. The number of aromatic nitrogens is 2. The van der Waals surface area contributed by atoms with Crippen molar-refractivity contribution in [3.05, 3.63) is 41.0 Å². The topological polar surface area (TPSA) is 65.6 Å². The molecule has 3 aromatic rings. The van der Waals surface area contributed by atoms with Gasteiger partial charge in [-0.3, -0.25) is 4.40 Å². The Morgan fingerprint density at radius 1 is 1.25 bits per heavy atom. The average molecular weight is 377 g/mol. The van der Waals surface area contributed by atoms with Crippen molar-refractivity contribution in [1.82, 2.24) is 14.7 Å². The van der Waals surface area contributed by atoms with Crippen LogP contribution in [0.2, 0.25) is 0 Å². The molecule has 0 aliphatic carbocycles. The van der Waals surface area contributed by atoms with E-state index in [9.17, 15) is 5.26 Å². The van der Waals surface area contributed by atoms with Gasteiger partial charge in [0.05, 0.1) is 17.1 Å². The third-order valence-electron chi connectivity index (χ3n) is 5.78. The molecule has 2 fully saturated rings. The molecule has 28 heavy (non-hydrogen) atoms.